The summed E-state index contributed by atoms with van der Waals surface area (Å²) in [6.45, 7) is 1.87. The monoisotopic (exact) mass is 421 g/mol. The number of fused-ring (bicyclic) bond motifs is 2. The van der Waals surface area contributed by atoms with E-state index in [2.05, 4.69) is 30.1 Å². The Morgan fingerprint density at radius 3 is 2.59 bits per heavy atom. The van der Waals surface area contributed by atoms with Crippen molar-refractivity contribution < 1.29 is 4.39 Å². The van der Waals surface area contributed by atoms with Gasteiger partial charge in [-0.1, -0.05) is 6.07 Å². The first-order valence-corrected chi connectivity index (χ1v) is 10.0. The number of pyridine rings is 3. The Kier molecular flexibility index (Phi) is 4.04. The Morgan fingerprint density at radius 1 is 0.875 bits per heavy atom. The minimum absolute atomic E-state index is 0.282. The average Bonchev–Trinajstić information content (AvgIpc) is 3.42. The zero-order chi connectivity index (χ0) is 21.7. The van der Waals surface area contributed by atoms with E-state index in [9.17, 15) is 4.39 Å². The predicted octanol–water partition coefficient (Wildman–Crippen LogP) is 5.07. The van der Waals surface area contributed by atoms with Crippen molar-refractivity contribution in [1.82, 2.24) is 35.1 Å². The van der Waals surface area contributed by atoms with Crippen molar-refractivity contribution >= 4 is 22.2 Å². The fourth-order valence-corrected chi connectivity index (χ4v) is 3.90. The highest BCUT2D eigenvalue weighted by Crippen LogP contribution is 2.31. The molecular weight excluding hydrogens is 405 g/mol. The third kappa shape index (κ3) is 3.01. The number of aromatic amines is 2. The molecular formula is C24H16FN7. The van der Waals surface area contributed by atoms with Crippen molar-refractivity contribution in [3.05, 3.63) is 78.5 Å². The summed E-state index contributed by atoms with van der Waals surface area (Å²) in [6.07, 6.45) is 5.14. The molecule has 0 atom stereocenters. The van der Waals surface area contributed by atoms with E-state index in [-0.39, 0.29) is 5.82 Å². The molecule has 6 aromatic rings. The standard InChI is InChI=1S/C24H16FN7/c1-13-10-15(12-16(25)11-13)17-6-9-27-23-20(17)29-24(30-23)22-21-19(31-32-22)3-2-18(28-21)14-4-7-26-8-5-14/h2-12H,1H3,(H,31,32)(H,27,29,30). The highest BCUT2D eigenvalue weighted by molar-refractivity contribution is 5.95. The molecule has 0 aliphatic carbocycles. The van der Waals surface area contributed by atoms with Crippen molar-refractivity contribution in [2.45, 2.75) is 6.92 Å². The lowest BCUT2D eigenvalue weighted by Crippen LogP contribution is -1.87. The highest BCUT2D eigenvalue weighted by atomic mass is 19.1. The fourth-order valence-electron chi connectivity index (χ4n) is 3.90. The van der Waals surface area contributed by atoms with E-state index >= 15 is 0 Å². The van der Waals surface area contributed by atoms with E-state index in [4.69, 9.17) is 4.98 Å². The van der Waals surface area contributed by atoms with Crippen LogP contribution in [-0.4, -0.2) is 35.1 Å². The first-order valence-electron chi connectivity index (χ1n) is 10.0. The molecule has 0 fully saturated rings. The van der Waals surface area contributed by atoms with Gasteiger partial charge in [0.25, 0.3) is 0 Å². The average molecular weight is 421 g/mol. The lowest BCUT2D eigenvalue weighted by molar-refractivity contribution is 0.627. The minimum Gasteiger partial charge on any atom is -0.335 e. The van der Waals surface area contributed by atoms with Crippen LogP contribution in [0.1, 0.15) is 5.56 Å². The number of hydrogen-bond donors (Lipinski definition) is 2. The first kappa shape index (κ1) is 18.3. The number of aromatic nitrogens is 7. The van der Waals surface area contributed by atoms with E-state index in [1.165, 1.54) is 12.1 Å². The van der Waals surface area contributed by atoms with Crippen LogP contribution < -0.4 is 0 Å². The molecule has 5 aromatic heterocycles. The molecule has 0 aliphatic rings. The largest absolute Gasteiger partial charge is 0.335 e. The Bertz CT molecular complexity index is 1580. The number of halogens is 1. The van der Waals surface area contributed by atoms with Crippen molar-refractivity contribution in [3.8, 4) is 33.9 Å². The minimum atomic E-state index is -0.282. The number of benzene rings is 1. The molecule has 0 unspecified atom stereocenters. The van der Waals surface area contributed by atoms with Gasteiger partial charge < -0.3 is 4.98 Å². The second-order valence-electron chi connectivity index (χ2n) is 7.56. The van der Waals surface area contributed by atoms with Gasteiger partial charge in [-0.25, -0.2) is 19.3 Å². The van der Waals surface area contributed by atoms with Crippen LogP contribution in [0.4, 0.5) is 4.39 Å². The van der Waals surface area contributed by atoms with Gasteiger partial charge in [0, 0.05) is 29.7 Å². The van der Waals surface area contributed by atoms with Gasteiger partial charge in [-0.3, -0.25) is 10.1 Å². The van der Waals surface area contributed by atoms with Crippen molar-refractivity contribution in [2.24, 2.45) is 0 Å². The van der Waals surface area contributed by atoms with E-state index < -0.39 is 0 Å². The second-order valence-corrected chi connectivity index (χ2v) is 7.56. The normalized spacial score (nSPS) is 11.4. The van der Waals surface area contributed by atoms with Gasteiger partial charge in [-0.2, -0.15) is 5.10 Å². The van der Waals surface area contributed by atoms with Crippen LogP contribution in [-0.2, 0) is 0 Å². The molecule has 0 spiro atoms. The lowest BCUT2D eigenvalue weighted by atomic mass is 10.0. The second kappa shape index (κ2) is 7.05. The number of nitrogens with zero attached hydrogens (tertiary/aromatic N) is 5. The molecule has 8 heteroatoms. The quantitative estimate of drug-likeness (QED) is 0.416. The molecule has 2 N–H and O–H groups in total. The summed E-state index contributed by atoms with van der Waals surface area (Å²) >= 11 is 0. The smallest absolute Gasteiger partial charge is 0.178 e. The molecule has 0 bridgehead atoms. The molecule has 0 saturated heterocycles. The summed E-state index contributed by atoms with van der Waals surface area (Å²) in [6, 6.07) is 14.5. The summed E-state index contributed by atoms with van der Waals surface area (Å²) in [5.74, 6) is 0.259. The number of hydrogen-bond acceptors (Lipinski definition) is 5. The first-order chi connectivity index (χ1) is 15.7. The van der Waals surface area contributed by atoms with E-state index in [1.807, 2.05) is 43.3 Å². The molecule has 32 heavy (non-hydrogen) atoms. The number of imidazole rings is 1. The topological polar surface area (TPSA) is 96.0 Å². The van der Waals surface area contributed by atoms with Crippen LogP contribution in [0.25, 0.3) is 56.1 Å². The maximum atomic E-state index is 14.0. The van der Waals surface area contributed by atoms with Crippen LogP contribution in [0, 0.1) is 12.7 Å². The zero-order valence-electron chi connectivity index (χ0n) is 17.0. The van der Waals surface area contributed by atoms with Gasteiger partial charge in [0.1, 0.15) is 11.3 Å². The molecule has 0 radical (unpaired) electrons. The van der Waals surface area contributed by atoms with Crippen LogP contribution >= 0.6 is 0 Å². The van der Waals surface area contributed by atoms with Gasteiger partial charge >= 0.3 is 0 Å². The number of rotatable bonds is 3. The molecule has 5 heterocycles. The zero-order valence-corrected chi connectivity index (χ0v) is 17.0. The molecule has 6 rings (SSSR count). The van der Waals surface area contributed by atoms with E-state index in [1.54, 1.807) is 18.6 Å². The molecule has 0 saturated carbocycles. The van der Waals surface area contributed by atoms with E-state index in [0.717, 1.165) is 33.5 Å². The Hall–Kier alpha value is -4.46. The number of H-pyrrole nitrogens is 2. The van der Waals surface area contributed by atoms with Crippen LogP contribution in [0.2, 0.25) is 0 Å². The molecule has 7 nitrogen and oxygen atoms in total. The van der Waals surface area contributed by atoms with Crippen molar-refractivity contribution in [2.75, 3.05) is 0 Å². The maximum absolute atomic E-state index is 14.0. The van der Waals surface area contributed by atoms with Gasteiger partial charge in [0.15, 0.2) is 17.2 Å². The summed E-state index contributed by atoms with van der Waals surface area (Å²) in [7, 11) is 0. The molecule has 0 amide bonds. The Labute approximate surface area is 181 Å². The highest BCUT2D eigenvalue weighted by Gasteiger charge is 2.17. The number of aryl methyl sites for hydroxylation is 1. The van der Waals surface area contributed by atoms with Crippen LogP contribution in [0.3, 0.4) is 0 Å². The predicted molar refractivity (Wildman–Crippen MR) is 120 cm³/mol. The van der Waals surface area contributed by atoms with Crippen LogP contribution in [0.5, 0.6) is 0 Å². The fraction of sp³-hybridized carbons (Fsp3) is 0.0417. The summed E-state index contributed by atoms with van der Waals surface area (Å²) in [5, 5.41) is 7.46. The summed E-state index contributed by atoms with van der Waals surface area (Å²) < 4.78 is 14.0. The van der Waals surface area contributed by atoms with Gasteiger partial charge in [-0.05, 0) is 60.5 Å². The van der Waals surface area contributed by atoms with Crippen LogP contribution in [0.15, 0.2) is 67.1 Å². The maximum Gasteiger partial charge on any atom is 0.178 e. The van der Waals surface area contributed by atoms with Gasteiger partial charge in [-0.15, -0.1) is 0 Å². The molecule has 1 aromatic carbocycles. The van der Waals surface area contributed by atoms with Crippen molar-refractivity contribution in [1.29, 1.82) is 0 Å². The lowest BCUT2D eigenvalue weighted by Gasteiger charge is -2.04. The third-order valence-corrected chi connectivity index (χ3v) is 5.35. The Balaban J connectivity index is 1.52. The molecule has 154 valence electrons. The summed E-state index contributed by atoms with van der Waals surface area (Å²) in [4.78, 5) is 21.2. The van der Waals surface area contributed by atoms with Gasteiger partial charge in [0.2, 0.25) is 0 Å². The van der Waals surface area contributed by atoms with E-state index in [0.29, 0.717) is 28.2 Å². The third-order valence-electron chi connectivity index (χ3n) is 5.35. The van der Waals surface area contributed by atoms with Gasteiger partial charge in [0.05, 0.1) is 16.7 Å². The number of nitrogens with one attached hydrogen (secondary N) is 2. The SMILES string of the molecule is Cc1cc(F)cc(-c2ccnc3nc(-c4n[nH]c5ccc(-c6ccncc6)nc45)[nH]c23)c1. The molecule has 0 aliphatic heterocycles. The summed E-state index contributed by atoms with van der Waals surface area (Å²) in [5.41, 5.74) is 7.53. The Morgan fingerprint density at radius 2 is 1.75 bits per heavy atom. The van der Waals surface area contributed by atoms with Crippen molar-refractivity contribution in [3.63, 3.8) is 0 Å².